The molecule has 1 aliphatic heterocycles. The second kappa shape index (κ2) is 6.96. The van der Waals surface area contributed by atoms with E-state index in [1.54, 1.807) is 42.5 Å². The summed E-state index contributed by atoms with van der Waals surface area (Å²) in [5, 5.41) is 12.8. The number of rotatable bonds is 3. The molecule has 3 aromatic rings. The number of carbonyl (C=O) groups excluding carboxylic acids is 1. The Labute approximate surface area is 156 Å². The van der Waals surface area contributed by atoms with Gasteiger partial charge in [0, 0.05) is 32.0 Å². The van der Waals surface area contributed by atoms with E-state index in [-0.39, 0.29) is 12.1 Å². The maximum absolute atomic E-state index is 12.6. The highest BCUT2D eigenvalue weighted by atomic mass is 16.2. The van der Waals surface area contributed by atoms with Gasteiger partial charge in [-0.05, 0) is 30.7 Å². The Bertz CT molecular complexity index is 1020. The molecule has 2 amide bonds. The zero-order chi connectivity index (χ0) is 18.8. The predicted octanol–water partition coefficient (Wildman–Crippen LogP) is 2.57. The van der Waals surface area contributed by atoms with Gasteiger partial charge in [0.25, 0.3) is 0 Å². The summed E-state index contributed by atoms with van der Waals surface area (Å²) in [4.78, 5) is 28.3. The molecule has 0 aliphatic carbocycles. The Morgan fingerprint density at radius 3 is 3.15 bits per heavy atom. The van der Waals surface area contributed by atoms with Crippen LogP contribution in [0.15, 0.2) is 42.9 Å². The Morgan fingerprint density at radius 1 is 1.41 bits per heavy atom. The number of anilines is 2. The van der Waals surface area contributed by atoms with E-state index in [0.717, 1.165) is 29.8 Å². The molecule has 3 heterocycles. The second-order valence-electron chi connectivity index (χ2n) is 6.56. The molecule has 1 atom stereocenters. The minimum atomic E-state index is -0.189. The molecule has 2 aromatic heterocycles. The molecule has 8 nitrogen and oxygen atoms in total. The van der Waals surface area contributed by atoms with E-state index in [4.69, 9.17) is 5.26 Å². The first-order chi connectivity index (χ1) is 13.2. The summed E-state index contributed by atoms with van der Waals surface area (Å²) in [6.45, 7) is 1.53. The molecule has 0 radical (unpaired) electrons. The number of likely N-dealkylation sites (N-methyl/N-ethyl adjacent to an activating group) is 1. The summed E-state index contributed by atoms with van der Waals surface area (Å²) in [6, 6.07) is 10.8. The normalized spacial score (nSPS) is 16.3. The molecule has 1 aromatic carbocycles. The molecule has 1 aliphatic rings. The van der Waals surface area contributed by atoms with Gasteiger partial charge in [0.05, 0.1) is 23.1 Å². The summed E-state index contributed by atoms with van der Waals surface area (Å²) >= 11 is 0. The number of aromatic nitrogens is 3. The fourth-order valence-corrected chi connectivity index (χ4v) is 3.40. The first-order valence-electron chi connectivity index (χ1n) is 8.72. The van der Waals surface area contributed by atoms with Crippen LogP contribution in [-0.4, -0.2) is 52.1 Å². The van der Waals surface area contributed by atoms with Gasteiger partial charge < -0.3 is 20.1 Å². The lowest BCUT2D eigenvalue weighted by atomic mass is 10.2. The van der Waals surface area contributed by atoms with Crippen molar-refractivity contribution in [3.05, 3.63) is 48.4 Å². The number of H-pyrrole nitrogens is 1. The number of aromatic amines is 1. The number of carbonyl (C=O) groups is 1. The number of hydrogen-bond acceptors (Lipinski definition) is 5. The predicted molar refractivity (Wildman–Crippen MR) is 102 cm³/mol. The Balaban J connectivity index is 1.44. The molecule has 2 N–H and O–H groups in total. The quantitative estimate of drug-likeness (QED) is 0.747. The highest BCUT2D eigenvalue weighted by molar-refractivity contribution is 5.90. The third kappa shape index (κ3) is 3.27. The number of nitrogens with one attached hydrogen (secondary N) is 2. The van der Waals surface area contributed by atoms with Crippen LogP contribution in [0, 0.1) is 11.3 Å². The van der Waals surface area contributed by atoms with Crippen molar-refractivity contribution in [2.75, 3.05) is 30.4 Å². The highest BCUT2D eigenvalue weighted by Gasteiger charge is 2.30. The minimum Gasteiger partial charge on any atom is -0.354 e. The van der Waals surface area contributed by atoms with Gasteiger partial charge in [-0.1, -0.05) is 6.07 Å². The summed E-state index contributed by atoms with van der Waals surface area (Å²) in [5.41, 5.74) is 1.94. The lowest BCUT2D eigenvalue weighted by molar-refractivity contribution is 0.208. The number of hydrogen-bond donors (Lipinski definition) is 2. The van der Waals surface area contributed by atoms with Crippen LogP contribution in [0.25, 0.3) is 11.0 Å². The van der Waals surface area contributed by atoms with Crippen molar-refractivity contribution in [2.24, 2.45) is 0 Å². The largest absolute Gasteiger partial charge is 0.354 e. The van der Waals surface area contributed by atoms with Crippen molar-refractivity contribution >= 4 is 28.6 Å². The van der Waals surface area contributed by atoms with E-state index in [1.807, 2.05) is 12.3 Å². The van der Waals surface area contributed by atoms with Gasteiger partial charge in [-0.25, -0.2) is 14.8 Å². The van der Waals surface area contributed by atoms with Gasteiger partial charge in [-0.2, -0.15) is 5.26 Å². The van der Waals surface area contributed by atoms with E-state index in [0.29, 0.717) is 17.8 Å². The van der Waals surface area contributed by atoms with E-state index < -0.39 is 0 Å². The van der Waals surface area contributed by atoms with E-state index in [2.05, 4.69) is 31.2 Å². The number of amides is 2. The minimum absolute atomic E-state index is 0.0770. The molecule has 0 spiro atoms. The van der Waals surface area contributed by atoms with Crippen LogP contribution in [0.3, 0.4) is 0 Å². The average Bonchev–Trinajstić information content (AvgIpc) is 3.36. The summed E-state index contributed by atoms with van der Waals surface area (Å²) < 4.78 is 0. The van der Waals surface area contributed by atoms with Crippen molar-refractivity contribution in [3.8, 4) is 6.07 Å². The fraction of sp³-hybridized carbons (Fsp3) is 0.263. The zero-order valence-electron chi connectivity index (χ0n) is 14.9. The van der Waals surface area contributed by atoms with Crippen LogP contribution in [0.5, 0.6) is 0 Å². The van der Waals surface area contributed by atoms with Crippen molar-refractivity contribution in [1.82, 2.24) is 19.9 Å². The fourth-order valence-electron chi connectivity index (χ4n) is 3.40. The van der Waals surface area contributed by atoms with Crippen LogP contribution in [0.2, 0.25) is 0 Å². The molecule has 0 saturated carbocycles. The van der Waals surface area contributed by atoms with Crippen LogP contribution in [-0.2, 0) is 0 Å². The van der Waals surface area contributed by atoms with Crippen molar-refractivity contribution < 1.29 is 4.79 Å². The number of urea groups is 1. The summed E-state index contributed by atoms with van der Waals surface area (Å²) in [5.74, 6) is 0.888. The second-order valence-corrected chi connectivity index (χ2v) is 6.56. The lowest BCUT2D eigenvalue weighted by Gasteiger charge is -2.25. The van der Waals surface area contributed by atoms with Crippen LogP contribution in [0.4, 0.5) is 16.3 Å². The SMILES string of the molecule is CN(C(=O)Nc1cccc(C#N)c1)[C@@H]1CCN(c2ncnc3[nH]ccc23)C1. The molecule has 27 heavy (non-hydrogen) atoms. The van der Waals surface area contributed by atoms with Gasteiger partial charge in [0.1, 0.15) is 17.8 Å². The first kappa shape index (κ1) is 16.8. The molecule has 4 rings (SSSR count). The highest BCUT2D eigenvalue weighted by Crippen LogP contribution is 2.27. The van der Waals surface area contributed by atoms with Gasteiger partial charge >= 0.3 is 6.03 Å². The Morgan fingerprint density at radius 2 is 2.30 bits per heavy atom. The van der Waals surface area contributed by atoms with E-state index >= 15 is 0 Å². The van der Waals surface area contributed by atoms with Gasteiger partial charge in [-0.15, -0.1) is 0 Å². The van der Waals surface area contributed by atoms with Gasteiger partial charge in [0.2, 0.25) is 0 Å². The Kier molecular flexibility index (Phi) is 4.34. The number of fused-ring (bicyclic) bond motifs is 1. The topological polar surface area (TPSA) is 101 Å². The third-order valence-electron chi connectivity index (χ3n) is 4.91. The summed E-state index contributed by atoms with van der Waals surface area (Å²) in [7, 11) is 1.80. The standard InChI is InChI=1S/C19H19N7O/c1-25(19(27)24-14-4-2-3-13(9-14)10-20)15-6-8-26(11-15)18-16-5-7-21-17(16)22-12-23-18/h2-5,7,9,12,15H,6,8,11H2,1H3,(H,24,27)(H,21,22,23)/t15-/m1/s1. The molecular weight excluding hydrogens is 342 g/mol. The van der Waals surface area contributed by atoms with E-state index in [9.17, 15) is 4.79 Å². The van der Waals surface area contributed by atoms with Crippen LogP contribution in [0.1, 0.15) is 12.0 Å². The zero-order valence-corrected chi connectivity index (χ0v) is 14.9. The lowest BCUT2D eigenvalue weighted by Crippen LogP contribution is -2.41. The molecule has 8 heteroatoms. The third-order valence-corrected chi connectivity index (χ3v) is 4.91. The number of nitriles is 1. The van der Waals surface area contributed by atoms with Crippen LogP contribution < -0.4 is 10.2 Å². The monoisotopic (exact) mass is 361 g/mol. The van der Waals surface area contributed by atoms with Crippen molar-refractivity contribution in [3.63, 3.8) is 0 Å². The molecule has 0 bridgehead atoms. The molecule has 1 fully saturated rings. The van der Waals surface area contributed by atoms with Crippen molar-refractivity contribution in [2.45, 2.75) is 12.5 Å². The Hall–Kier alpha value is -3.60. The molecule has 136 valence electrons. The van der Waals surface area contributed by atoms with Gasteiger partial charge in [0.15, 0.2) is 0 Å². The molecule has 0 unspecified atom stereocenters. The van der Waals surface area contributed by atoms with Crippen molar-refractivity contribution in [1.29, 1.82) is 5.26 Å². The van der Waals surface area contributed by atoms with Gasteiger partial charge in [-0.3, -0.25) is 0 Å². The smallest absolute Gasteiger partial charge is 0.321 e. The number of nitrogens with zero attached hydrogens (tertiary/aromatic N) is 5. The number of benzene rings is 1. The van der Waals surface area contributed by atoms with E-state index in [1.165, 1.54) is 0 Å². The average molecular weight is 361 g/mol. The maximum atomic E-state index is 12.6. The van der Waals surface area contributed by atoms with Crippen LogP contribution >= 0.6 is 0 Å². The first-order valence-corrected chi connectivity index (χ1v) is 8.72. The maximum Gasteiger partial charge on any atom is 0.321 e. The molecular formula is C19H19N7O. The summed E-state index contributed by atoms with van der Waals surface area (Å²) in [6.07, 6.45) is 4.27. The molecule has 1 saturated heterocycles.